The van der Waals surface area contributed by atoms with Gasteiger partial charge in [0.1, 0.15) is 0 Å². The van der Waals surface area contributed by atoms with Crippen molar-refractivity contribution in [1.82, 2.24) is 10.2 Å². The minimum Gasteiger partial charge on any atom is -0.308 e. The highest BCUT2D eigenvalue weighted by atomic mass is 15.3. The molecule has 1 aliphatic heterocycles. The smallest absolute Gasteiger partial charge is 0.0304 e. The van der Waals surface area contributed by atoms with Crippen molar-refractivity contribution in [1.29, 1.82) is 0 Å². The standard InChI is InChI=1S/C16H34N2/c1-7-14-11-17-16(9-3,10-4)13-18(14)12-15(5,6)8-2/h14,17H,7-13H2,1-6H3. The summed E-state index contributed by atoms with van der Waals surface area (Å²) >= 11 is 0. The molecule has 18 heavy (non-hydrogen) atoms. The van der Waals surface area contributed by atoms with Crippen LogP contribution in [0, 0.1) is 5.41 Å². The molecule has 0 aromatic heterocycles. The van der Waals surface area contributed by atoms with E-state index in [4.69, 9.17) is 0 Å². The van der Waals surface area contributed by atoms with Crippen molar-refractivity contribution in [2.24, 2.45) is 5.41 Å². The predicted octanol–water partition coefficient (Wildman–Crippen LogP) is 3.67. The van der Waals surface area contributed by atoms with Gasteiger partial charge in [0.15, 0.2) is 0 Å². The van der Waals surface area contributed by atoms with Crippen LogP contribution < -0.4 is 5.32 Å². The summed E-state index contributed by atoms with van der Waals surface area (Å²) in [6.45, 7) is 17.7. The van der Waals surface area contributed by atoms with Crippen LogP contribution in [-0.2, 0) is 0 Å². The SMILES string of the molecule is CCC1CNC(CC)(CC)CN1CC(C)(C)CC. The summed E-state index contributed by atoms with van der Waals surface area (Å²) in [5, 5.41) is 3.83. The molecular formula is C16H34N2. The highest BCUT2D eigenvalue weighted by Gasteiger charge is 2.37. The van der Waals surface area contributed by atoms with E-state index in [1.165, 1.54) is 38.8 Å². The Bertz CT molecular complexity index is 243. The van der Waals surface area contributed by atoms with Crippen LogP contribution in [0.3, 0.4) is 0 Å². The Balaban J connectivity index is 2.76. The largest absolute Gasteiger partial charge is 0.308 e. The maximum atomic E-state index is 3.83. The molecule has 1 rings (SSSR count). The van der Waals surface area contributed by atoms with Gasteiger partial charge in [-0.2, -0.15) is 0 Å². The number of piperazine rings is 1. The highest BCUT2D eigenvalue weighted by Crippen LogP contribution is 2.28. The van der Waals surface area contributed by atoms with Crippen molar-refractivity contribution in [3.8, 4) is 0 Å². The first-order valence-corrected chi connectivity index (χ1v) is 7.91. The van der Waals surface area contributed by atoms with E-state index in [1.54, 1.807) is 0 Å². The average molecular weight is 254 g/mol. The van der Waals surface area contributed by atoms with Crippen LogP contribution >= 0.6 is 0 Å². The molecule has 1 fully saturated rings. The topological polar surface area (TPSA) is 15.3 Å². The molecule has 0 aromatic carbocycles. The van der Waals surface area contributed by atoms with Crippen molar-refractivity contribution in [2.75, 3.05) is 19.6 Å². The number of hydrogen-bond donors (Lipinski definition) is 1. The minimum absolute atomic E-state index is 0.357. The molecular weight excluding hydrogens is 220 g/mol. The number of rotatable bonds is 6. The van der Waals surface area contributed by atoms with E-state index in [0.717, 1.165) is 12.6 Å². The van der Waals surface area contributed by atoms with Crippen molar-refractivity contribution in [2.45, 2.75) is 78.8 Å². The van der Waals surface area contributed by atoms with Crippen molar-refractivity contribution < 1.29 is 0 Å². The lowest BCUT2D eigenvalue weighted by Gasteiger charge is -2.49. The monoisotopic (exact) mass is 254 g/mol. The Labute approximate surface area is 115 Å². The molecule has 0 amide bonds. The third kappa shape index (κ3) is 3.71. The summed E-state index contributed by atoms with van der Waals surface area (Å²) in [6.07, 6.45) is 5.00. The highest BCUT2D eigenvalue weighted by molar-refractivity contribution is 4.97. The van der Waals surface area contributed by atoms with Gasteiger partial charge in [-0.3, -0.25) is 4.90 Å². The summed E-state index contributed by atoms with van der Waals surface area (Å²) in [6, 6.07) is 0.724. The van der Waals surface area contributed by atoms with Gasteiger partial charge in [-0.05, 0) is 31.1 Å². The molecule has 2 nitrogen and oxygen atoms in total. The normalized spacial score (nSPS) is 25.3. The molecule has 0 bridgehead atoms. The minimum atomic E-state index is 0.357. The molecule has 0 spiro atoms. The summed E-state index contributed by atoms with van der Waals surface area (Å²) in [7, 11) is 0. The van der Waals surface area contributed by atoms with Crippen molar-refractivity contribution >= 4 is 0 Å². The lowest BCUT2D eigenvalue weighted by molar-refractivity contribution is 0.0396. The summed E-state index contributed by atoms with van der Waals surface area (Å²) < 4.78 is 0. The molecule has 0 aromatic rings. The fourth-order valence-electron chi connectivity index (χ4n) is 3.01. The molecule has 0 radical (unpaired) electrons. The van der Waals surface area contributed by atoms with E-state index < -0.39 is 0 Å². The van der Waals surface area contributed by atoms with E-state index in [0.29, 0.717) is 11.0 Å². The fourth-order valence-corrected chi connectivity index (χ4v) is 3.01. The van der Waals surface area contributed by atoms with E-state index >= 15 is 0 Å². The number of hydrogen-bond acceptors (Lipinski definition) is 2. The molecule has 1 aliphatic rings. The average Bonchev–Trinajstić information content (AvgIpc) is 2.38. The predicted molar refractivity (Wildman–Crippen MR) is 81.0 cm³/mol. The van der Waals surface area contributed by atoms with Crippen LogP contribution in [0.15, 0.2) is 0 Å². The van der Waals surface area contributed by atoms with Crippen LogP contribution in [0.4, 0.5) is 0 Å². The van der Waals surface area contributed by atoms with Crippen LogP contribution in [0.5, 0.6) is 0 Å². The Morgan fingerprint density at radius 1 is 1.17 bits per heavy atom. The first kappa shape index (κ1) is 16.0. The molecule has 2 heteroatoms. The molecule has 1 unspecified atom stereocenters. The lowest BCUT2D eigenvalue weighted by Crippen LogP contribution is -2.64. The molecule has 0 aliphatic carbocycles. The van der Waals surface area contributed by atoms with Crippen LogP contribution in [0.1, 0.15) is 67.2 Å². The first-order chi connectivity index (χ1) is 8.42. The summed E-state index contributed by atoms with van der Waals surface area (Å²) in [4.78, 5) is 2.76. The molecule has 0 saturated carbocycles. The second kappa shape index (κ2) is 6.38. The third-order valence-corrected chi connectivity index (χ3v) is 5.15. The van der Waals surface area contributed by atoms with Gasteiger partial charge in [0.05, 0.1) is 0 Å². The van der Waals surface area contributed by atoms with Gasteiger partial charge >= 0.3 is 0 Å². The van der Waals surface area contributed by atoms with E-state index in [9.17, 15) is 0 Å². The molecule has 1 N–H and O–H groups in total. The zero-order valence-corrected chi connectivity index (χ0v) is 13.5. The zero-order valence-electron chi connectivity index (χ0n) is 13.5. The summed E-state index contributed by atoms with van der Waals surface area (Å²) in [5.41, 5.74) is 0.799. The van der Waals surface area contributed by atoms with Crippen LogP contribution in [0.2, 0.25) is 0 Å². The van der Waals surface area contributed by atoms with Crippen molar-refractivity contribution in [3.05, 3.63) is 0 Å². The van der Waals surface area contributed by atoms with E-state index in [-0.39, 0.29) is 0 Å². The van der Waals surface area contributed by atoms with Crippen LogP contribution in [-0.4, -0.2) is 36.1 Å². The summed E-state index contributed by atoms with van der Waals surface area (Å²) in [5.74, 6) is 0. The van der Waals surface area contributed by atoms with Gasteiger partial charge in [-0.15, -0.1) is 0 Å². The van der Waals surface area contributed by atoms with Gasteiger partial charge in [0.2, 0.25) is 0 Å². The van der Waals surface area contributed by atoms with Gasteiger partial charge in [0, 0.05) is 31.2 Å². The maximum Gasteiger partial charge on any atom is 0.0304 e. The molecule has 1 saturated heterocycles. The van der Waals surface area contributed by atoms with E-state index in [1.807, 2.05) is 0 Å². The third-order valence-electron chi connectivity index (χ3n) is 5.15. The maximum absolute atomic E-state index is 3.83. The van der Waals surface area contributed by atoms with Gasteiger partial charge in [-0.1, -0.05) is 41.5 Å². The van der Waals surface area contributed by atoms with E-state index in [2.05, 4.69) is 51.8 Å². The fraction of sp³-hybridized carbons (Fsp3) is 1.00. The van der Waals surface area contributed by atoms with Crippen molar-refractivity contribution in [3.63, 3.8) is 0 Å². The van der Waals surface area contributed by atoms with Gasteiger partial charge in [0.25, 0.3) is 0 Å². The Morgan fingerprint density at radius 3 is 2.22 bits per heavy atom. The molecule has 108 valence electrons. The number of nitrogens with zero attached hydrogens (tertiary/aromatic N) is 1. The Morgan fingerprint density at radius 2 is 1.78 bits per heavy atom. The Hall–Kier alpha value is -0.0800. The Kier molecular flexibility index (Phi) is 5.67. The van der Waals surface area contributed by atoms with Crippen LogP contribution in [0.25, 0.3) is 0 Å². The number of nitrogens with one attached hydrogen (secondary N) is 1. The lowest BCUT2D eigenvalue weighted by atomic mass is 9.84. The zero-order chi connectivity index (χ0) is 13.8. The molecule has 1 atom stereocenters. The second-order valence-electron chi connectivity index (χ2n) is 6.85. The van der Waals surface area contributed by atoms with Gasteiger partial charge in [-0.25, -0.2) is 0 Å². The first-order valence-electron chi connectivity index (χ1n) is 7.91. The molecule has 1 heterocycles. The quantitative estimate of drug-likeness (QED) is 0.778. The van der Waals surface area contributed by atoms with Gasteiger partial charge < -0.3 is 5.32 Å². The second-order valence-corrected chi connectivity index (χ2v) is 6.85.